The smallest absolute Gasteiger partial charge is 0.166 e. The van der Waals surface area contributed by atoms with Crippen LogP contribution in [0.2, 0.25) is 0 Å². The van der Waals surface area contributed by atoms with Crippen molar-refractivity contribution in [1.82, 2.24) is 14.9 Å². The fraction of sp³-hybridized carbons (Fsp3) is 0.333. The molecule has 1 saturated heterocycles. The van der Waals surface area contributed by atoms with E-state index in [4.69, 9.17) is 10.5 Å². The molecular formula is C21H23FN4OS. The van der Waals surface area contributed by atoms with Crippen molar-refractivity contribution in [2.75, 3.05) is 25.9 Å². The van der Waals surface area contributed by atoms with E-state index in [2.05, 4.69) is 21.9 Å². The minimum absolute atomic E-state index is 0.266. The summed E-state index contributed by atoms with van der Waals surface area (Å²) in [6.07, 6.45) is 5.96. The van der Waals surface area contributed by atoms with Crippen LogP contribution in [0.15, 0.2) is 42.7 Å². The van der Waals surface area contributed by atoms with Crippen molar-refractivity contribution in [3.63, 3.8) is 0 Å². The van der Waals surface area contributed by atoms with Crippen molar-refractivity contribution >= 4 is 17.2 Å². The zero-order valence-electron chi connectivity index (χ0n) is 15.8. The molecule has 1 aliphatic heterocycles. The summed E-state index contributed by atoms with van der Waals surface area (Å²) in [5, 5.41) is 1.19. The molecule has 2 aromatic heterocycles. The van der Waals surface area contributed by atoms with Gasteiger partial charge < -0.3 is 15.4 Å². The molecule has 7 heteroatoms. The van der Waals surface area contributed by atoms with E-state index in [0.717, 1.165) is 41.9 Å². The van der Waals surface area contributed by atoms with Crippen molar-refractivity contribution in [2.45, 2.75) is 25.4 Å². The Balaban J connectivity index is 1.48. The summed E-state index contributed by atoms with van der Waals surface area (Å²) in [6.45, 7) is 2.54. The zero-order valence-corrected chi connectivity index (χ0v) is 16.6. The SMILES string of the molecule is CN1CCC(c2ncc(-c3cnc(N)c(OCc4ccc(F)cc4)c3)s2)CC1. The van der Waals surface area contributed by atoms with Crippen LogP contribution < -0.4 is 10.5 Å². The number of hydrogen-bond donors (Lipinski definition) is 1. The van der Waals surface area contributed by atoms with Gasteiger partial charge in [0.15, 0.2) is 11.6 Å². The average Bonchev–Trinajstić information content (AvgIpc) is 3.19. The highest BCUT2D eigenvalue weighted by Gasteiger charge is 2.21. The van der Waals surface area contributed by atoms with Crippen molar-refractivity contribution in [3.05, 3.63) is 59.1 Å². The standard InChI is InChI=1S/C21H23FN4OS/c1-26-8-6-15(7-9-26)21-25-12-19(28-21)16-10-18(20(23)24-11-16)27-13-14-2-4-17(22)5-3-14/h2-5,10-12,15H,6-9,13H2,1H3,(H2,23,24). The molecule has 0 bridgehead atoms. The normalized spacial score (nSPS) is 15.6. The number of benzene rings is 1. The monoisotopic (exact) mass is 398 g/mol. The first-order valence-corrected chi connectivity index (χ1v) is 10.2. The number of rotatable bonds is 5. The van der Waals surface area contributed by atoms with Gasteiger partial charge in [0.1, 0.15) is 12.4 Å². The van der Waals surface area contributed by atoms with Crippen LogP contribution >= 0.6 is 11.3 Å². The highest BCUT2D eigenvalue weighted by atomic mass is 32.1. The summed E-state index contributed by atoms with van der Waals surface area (Å²) in [4.78, 5) is 12.4. The maximum Gasteiger partial charge on any atom is 0.166 e. The van der Waals surface area contributed by atoms with E-state index in [0.29, 0.717) is 24.1 Å². The first-order chi connectivity index (χ1) is 13.6. The number of nitrogens with zero attached hydrogens (tertiary/aromatic N) is 3. The second-order valence-electron chi connectivity index (χ2n) is 7.16. The predicted molar refractivity (Wildman–Crippen MR) is 110 cm³/mol. The highest BCUT2D eigenvalue weighted by Crippen LogP contribution is 2.36. The largest absolute Gasteiger partial charge is 0.485 e. The second-order valence-corrected chi connectivity index (χ2v) is 8.23. The van der Waals surface area contributed by atoms with Gasteiger partial charge in [0.05, 0.1) is 9.88 Å². The molecule has 0 aliphatic carbocycles. The van der Waals surface area contributed by atoms with Gasteiger partial charge in [-0.2, -0.15) is 0 Å². The molecule has 28 heavy (non-hydrogen) atoms. The highest BCUT2D eigenvalue weighted by molar-refractivity contribution is 7.15. The lowest BCUT2D eigenvalue weighted by Gasteiger charge is -2.27. The van der Waals surface area contributed by atoms with E-state index in [9.17, 15) is 4.39 Å². The minimum Gasteiger partial charge on any atom is -0.485 e. The molecule has 3 aromatic rings. The molecule has 1 fully saturated rings. The van der Waals surface area contributed by atoms with Crippen LogP contribution in [0.1, 0.15) is 29.3 Å². The lowest BCUT2D eigenvalue weighted by molar-refractivity contribution is 0.255. The topological polar surface area (TPSA) is 64.3 Å². The lowest BCUT2D eigenvalue weighted by Crippen LogP contribution is -2.29. The zero-order chi connectivity index (χ0) is 19.5. The molecule has 4 rings (SSSR count). The number of halogens is 1. The Morgan fingerprint density at radius 1 is 1.18 bits per heavy atom. The summed E-state index contributed by atoms with van der Waals surface area (Å²) >= 11 is 1.72. The van der Waals surface area contributed by atoms with Gasteiger partial charge in [0, 0.05) is 23.9 Å². The van der Waals surface area contributed by atoms with Crippen LogP contribution in [0.25, 0.3) is 10.4 Å². The Morgan fingerprint density at radius 2 is 1.93 bits per heavy atom. The van der Waals surface area contributed by atoms with E-state index in [1.54, 1.807) is 29.7 Å². The number of piperidine rings is 1. The number of nitrogens with two attached hydrogens (primary N) is 1. The van der Waals surface area contributed by atoms with Gasteiger partial charge in [-0.15, -0.1) is 11.3 Å². The summed E-state index contributed by atoms with van der Waals surface area (Å²) in [5.41, 5.74) is 7.79. The second kappa shape index (κ2) is 8.24. The summed E-state index contributed by atoms with van der Waals surface area (Å²) in [5.74, 6) is 1.13. The van der Waals surface area contributed by atoms with Crippen LogP contribution in [0.5, 0.6) is 5.75 Å². The molecule has 1 aromatic carbocycles. The molecular weight excluding hydrogens is 375 g/mol. The molecule has 1 aliphatic rings. The predicted octanol–water partition coefficient (Wildman–Crippen LogP) is 4.31. The van der Waals surface area contributed by atoms with Crippen LogP contribution in [0.4, 0.5) is 10.2 Å². The molecule has 0 atom stereocenters. The quantitative estimate of drug-likeness (QED) is 0.694. The van der Waals surface area contributed by atoms with Crippen molar-refractivity contribution < 1.29 is 9.13 Å². The van der Waals surface area contributed by atoms with Crippen molar-refractivity contribution in [1.29, 1.82) is 0 Å². The number of aromatic nitrogens is 2. The maximum absolute atomic E-state index is 13.0. The number of hydrogen-bond acceptors (Lipinski definition) is 6. The number of pyridine rings is 1. The van der Waals surface area contributed by atoms with Crippen molar-refractivity contribution in [3.8, 4) is 16.2 Å². The molecule has 0 unspecified atom stereocenters. The fourth-order valence-corrected chi connectivity index (χ4v) is 4.38. The van der Waals surface area contributed by atoms with E-state index < -0.39 is 0 Å². The Bertz CT molecular complexity index is 936. The third kappa shape index (κ3) is 4.31. The van der Waals surface area contributed by atoms with Gasteiger partial charge in [-0.25, -0.2) is 14.4 Å². The van der Waals surface area contributed by atoms with E-state index >= 15 is 0 Å². The van der Waals surface area contributed by atoms with Gasteiger partial charge >= 0.3 is 0 Å². The van der Waals surface area contributed by atoms with Gasteiger partial charge in [0.2, 0.25) is 0 Å². The Morgan fingerprint density at radius 3 is 2.68 bits per heavy atom. The lowest BCUT2D eigenvalue weighted by atomic mass is 9.98. The molecule has 0 spiro atoms. The molecule has 5 nitrogen and oxygen atoms in total. The van der Waals surface area contributed by atoms with Crippen LogP contribution in [-0.4, -0.2) is 35.0 Å². The third-order valence-electron chi connectivity index (χ3n) is 5.07. The summed E-state index contributed by atoms with van der Waals surface area (Å²) in [7, 11) is 2.16. The molecule has 3 heterocycles. The van der Waals surface area contributed by atoms with Crippen molar-refractivity contribution in [2.24, 2.45) is 0 Å². The van der Waals surface area contributed by atoms with E-state index in [1.807, 2.05) is 12.3 Å². The first-order valence-electron chi connectivity index (χ1n) is 9.36. The molecule has 0 saturated carbocycles. The van der Waals surface area contributed by atoms with Gasteiger partial charge in [-0.05, 0) is 56.7 Å². The fourth-order valence-electron chi connectivity index (χ4n) is 3.31. The van der Waals surface area contributed by atoms with Gasteiger partial charge in [-0.3, -0.25) is 0 Å². The van der Waals surface area contributed by atoms with Crippen LogP contribution in [0, 0.1) is 5.82 Å². The Labute approximate surface area is 168 Å². The van der Waals surface area contributed by atoms with Crippen LogP contribution in [0.3, 0.4) is 0 Å². The minimum atomic E-state index is -0.266. The molecule has 0 amide bonds. The summed E-state index contributed by atoms with van der Waals surface area (Å²) < 4.78 is 18.9. The van der Waals surface area contributed by atoms with Crippen LogP contribution in [-0.2, 0) is 6.61 Å². The number of thiazole rings is 1. The Kier molecular flexibility index (Phi) is 5.54. The first kappa shape index (κ1) is 18.8. The number of likely N-dealkylation sites (tertiary alicyclic amines) is 1. The molecule has 146 valence electrons. The third-order valence-corrected chi connectivity index (χ3v) is 6.27. The van der Waals surface area contributed by atoms with E-state index in [-0.39, 0.29) is 5.82 Å². The molecule has 2 N–H and O–H groups in total. The Hall–Kier alpha value is -2.51. The maximum atomic E-state index is 13.0. The van der Waals surface area contributed by atoms with Gasteiger partial charge in [-0.1, -0.05) is 12.1 Å². The van der Waals surface area contributed by atoms with Gasteiger partial charge in [0.25, 0.3) is 0 Å². The molecule has 0 radical (unpaired) electrons. The summed E-state index contributed by atoms with van der Waals surface area (Å²) in [6, 6.07) is 8.12. The van der Waals surface area contributed by atoms with E-state index in [1.165, 1.54) is 17.1 Å². The average molecular weight is 399 g/mol. The number of anilines is 1. The number of ether oxygens (including phenoxy) is 1. The number of nitrogen functional groups attached to an aromatic ring is 1.